The van der Waals surface area contributed by atoms with E-state index >= 15 is 0 Å². The van der Waals surface area contributed by atoms with Crippen molar-refractivity contribution >= 4 is 11.5 Å². The highest BCUT2D eigenvalue weighted by Crippen LogP contribution is 2.06. The number of hydrogen-bond acceptors (Lipinski definition) is 4. The van der Waals surface area contributed by atoms with Gasteiger partial charge in [-0.1, -0.05) is 11.3 Å². The lowest BCUT2D eigenvalue weighted by atomic mass is 10.5. The number of nitrogens with two attached hydrogens (primary N) is 1. The van der Waals surface area contributed by atoms with Crippen LogP contribution in [0.3, 0.4) is 0 Å². The van der Waals surface area contributed by atoms with Crippen LogP contribution in [0.15, 0.2) is 36.8 Å². The lowest BCUT2D eigenvalue weighted by Gasteiger charge is -1.93. The maximum absolute atomic E-state index is 5.49. The molecule has 0 saturated carbocycles. The molecule has 3 rings (SSSR count). The average molecular weight is 214 g/mol. The van der Waals surface area contributed by atoms with E-state index in [1.807, 2.05) is 35.0 Å². The Kier molecular flexibility index (Phi) is 1.86. The van der Waals surface area contributed by atoms with Gasteiger partial charge in [0.25, 0.3) is 0 Å². The number of nitrogen functional groups attached to an aromatic ring is 1. The summed E-state index contributed by atoms with van der Waals surface area (Å²) in [6.45, 7) is 0.575. The molecule has 0 aliphatic carbocycles. The predicted molar refractivity (Wildman–Crippen MR) is 58.7 cm³/mol. The fraction of sp³-hybridized carbons (Fsp3) is 0.100. The normalized spacial score (nSPS) is 11.0. The minimum absolute atomic E-state index is 0.420. The van der Waals surface area contributed by atoms with E-state index in [4.69, 9.17) is 5.73 Å². The highest BCUT2D eigenvalue weighted by Gasteiger charge is 2.03. The summed E-state index contributed by atoms with van der Waals surface area (Å²) >= 11 is 0. The fourth-order valence-corrected chi connectivity index (χ4v) is 1.62. The predicted octanol–water partition coefficient (Wildman–Crippen LogP) is 0.556. The van der Waals surface area contributed by atoms with Crippen LogP contribution >= 0.6 is 0 Å². The third-order valence-corrected chi connectivity index (χ3v) is 2.29. The molecule has 0 fully saturated rings. The zero-order valence-electron chi connectivity index (χ0n) is 8.48. The summed E-state index contributed by atoms with van der Waals surface area (Å²) in [5.41, 5.74) is 7.34. The number of anilines is 1. The van der Waals surface area contributed by atoms with Crippen molar-refractivity contribution in [2.75, 3.05) is 5.73 Å². The molecule has 0 spiro atoms. The van der Waals surface area contributed by atoms with Gasteiger partial charge in [-0.05, 0) is 12.1 Å². The van der Waals surface area contributed by atoms with Gasteiger partial charge in [0.15, 0.2) is 5.82 Å². The van der Waals surface area contributed by atoms with E-state index in [1.165, 1.54) is 0 Å². The second-order valence-electron chi connectivity index (χ2n) is 3.54. The van der Waals surface area contributed by atoms with Gasteiger partial charge in [0.2, 0.25) is 0 Å². The lowest BCUT2D eigenvalue weighted by molar-refractivity contribution is 0.641. The fourth-order valence-electron chi connectivity index (χ4n) is 1.62. The van der Waals surface area contributed by atoms with Gasteiger partial charge in [-0.3, -0.25) is 0 Å². The molecule has 0 atom stereocenters. The average Bonchev–Trinajstić information content (AvgIpc) is 2.84. The van der Waals surface area contributed by atoms with Gasteiger partial charge in [-0.2, -0.15) is 0 Å². The molecule has 6 nitrogen and oxygen atoms in total. The molecule has 6 heteroatoms. The summed E-state index contributed by atoms with van der Waals surface area (Å²) in [7, 11) is 0. The second-order valence-corrected chi connectivity index (χ2v) is 3.54. The highest BCUT2D eigenvalue weighted by molar-refractivity contribution is 5.39. The van der Waals surface area contributed by atoms with Crippen molar-refractivity contribution in [2.45, 2.75) is 6.54 Å². The molecule has 0 aliphatic rings. The Bertz CT molecular complexity index is 590. The number of fused-ring (bicyclic) bond motifs is 1. The van der Waals surface area contributed by atoms with E-state index in [-0.39, 0.29) is 0 Å². The number of hydrogen-bond donors (Lipinski definition) is 1. The Hall–Kier alpha value is -2.37. The van der Waals surface area contributed by atoms with Crippen molar-refractivity contribution in [1.29, 1.82) is 0 Å². The van der Waals surface area contributed by atoms with Crippen LogP contribution in [0.4, 0.5) is 5.82 Å². The summed E-state index contributed by atoms with van der Waals surface area (Å²) in [6, 6.07) is 5.88. The Labute approximate surface area is 91.3 Å². The first-order valence-corrected chi connectivity index (χ1v) is 4.89. The van der Waals surface area contributed by atoms with Crippen LogP contribution in [0.1, 0.15) is 5.69 Å². The van der Waals surface area contributed by atoms with E-state index < -0.39 is 0 Å². The van der Waals surface area contributed by atoms with Crippen LogP contribution in [-0.2, 0) is 6.54 Å². The molecule has 0 bridgehead atoms. The molecule has 2 N–H and O–H groups in total. The Balaban J connectivity index is 1.95. The Morgan fingerprint density at radius 3 is 2.94 bits per heavy atom. The molecule has 3 aromatic rings. The van der Waals surface area contributed by atoms with Crippen molar-refractivity contribution in [3.05, 3.63) is 42.5 Å². The lowest BCUT2D eigenvalue weighted by Crippen LogP contribution is -2.00. The third-order valence-electron chi connectivity index (χ3n) is 2.29. The van der Waals surface area contributed by atoms with E-state index in [0.29, 0.717) is 12.4 Å². The van der Waals surface area contributed by atoms with Gasteiger partial charge < -0.3 is 10.1 Å². The second kappa shape index (κ2) is 3.34. The SMILES string of the molecule is Nc1cn(Cc2cn3ccccc3n2)nn1. The minimum Gasteiger partial charge on any atom is -0.381 e. The monoisotopic (exact) mass is 214 g/mol. The van der Waals surface area contributed by atoms with Gasteiger partial charge in [-0.25, -0.2) is 9.67 Å². The standard InChI is InChI=1S/C10H10N6/c11-9-7-16(14-13-9)6-8-5-15-4-2-1-3-10(15)12-8/h1-5,7H,6,11H2. The number of rotatable bonds is 2. The van der Waals surface area contributed by atoms with Crippen molar-refractivity contribution in [1.82, 2.24) is 24.4 Å². The first kappa shape index (κ1) is 8.90. The number of pyridine rings is 1. The third kappa shape index (κ3) is 1.50. The maximum Gasteiger partial charge on any atom is 0.165 e. The highest BCUT2D eigenvalue weighted by atomic mass is 15.4. The Morgan fingerprint density at radius 2 is 2.19 bits per heavy atom. The molecule has 0 radical (unpaired) electrons. The van der Waals surface area contributed by atoms with Gasteiger partial charge in [0, 0.05) is 12.4 Å². The molecule has 80 valence electrons. The summed E-state index contributed by atoms with van der Waals surface area (Å²) in [4.78, 5) is 4.45. The van der Waals surface area contributed by atoms with Gasteiger partial charge in [-0.15, -0.1) is 5.10 Å². The minimum atomic E-state index is 0.420. The topological polar surface area (TPSA) is 74.0 Å². The maximum atomic E-state index is 5.49. The molecule has 0 amide bonds. The van der Waals surface area contributed by atoms with Crippen LogP contribution in [0, 0.1) is 0 Å². The summed E-state index contributed by atoms with van der Waals surface area (Å²) in [6.07, 6.45) is 5.61. The number of aromatic nitrogens is 5. The van der Waals surface area contributed by atoms with Crippen molar-refractivity contribution in [3.63, 3.8) is 0 Å². The van der Waals surface area contributed by atoms with Crippen LogP contribution in [-0.4, -0.2) is 24.4 Å². The van der Waals surface area contributed by atoms with Gasteiger partial charge >= 0.3 is 0 Å². The van der Waals surface area contributed by atoms with E-state index in [2.05, 4.69) is 15.3 Å². The van der Waals surface area contributed by atoms with Crippen molar-refractivity contribution in [2.24, 2.45) is 0 Å². The van der Waals surface area contributed by atoms with Crippen LogP contribution in [0.5, 0.6) is 0 Å². The number of nitrogens with zero attached hydrogens (tertiary/aromatic N) is 5. The first-order valence-electron chi connectivity index (χ1n) is 4.89. The van der Waals surface area contributed by atoms with E-state index in [0.717, 1.165) is 11.3 Å². The van der Waals surface area contributed by atoms with Gasteiger partial charge in [0.05, 0.1) is 18.4 Å². The van der Waals surface area contributed by atoms with Crippen molar-refractivity contribution < 1.29 is 0 Å². The zero-order chi connectivity index (χ0) is 11.0. The molecule has 0 saturated heterocycles. The van der Waals surface area contributed by atoms with E-state index in [9.17, 15) is 0 Å². The molecule has 3 aromatic heterocycles. The molecule has 16 heavy (non-hydrogen) atoms. The quantitative estimate of drug-likeness (QED) is 0.676. The first-order chi connectivity index (χ1) is 7.81. The molecular formula is C10H10N6. The summed E-state index contributed by atoms with van der Waals surface area (Å²) in [5, 5.41) is 7.60. The summed E-state index contributed by atoms with van der Waals surface area (Å²) in [5.74, 6) is 0.420. The zero-order valence-corrected chi connectivity index (χ0v) is 8.48. The van der Waals surface area contributed by atoms with Crippen LogP contribution in [0.25, 0.3) is 5.65 Å². The largest absolute Gasteiger partial charge is 0.381 e. The number of imidazole rings is 1. The molecule has 0 unspecified atom stereocenters. The van der Waals surface area contributed by atoms with Crippen LogP contribution in [0.2, 0.25) is 0 Å². The molecule has 3 heterocycles. The van der Waals surface area contributed by atoms with Crippen molar-refractivity contribution in [3.8, 4) is 0 Å². The summed E-state index contributed by atoms with van der Waals surface area (Å²) < 4.78 is 3.63. The van der Waals surface area contributed by atoms with E-state index in [1.54, 1.807) is 10.9 Å². The smallest absolute Gasteiger partial charge is 0.165 e. The van der Waals surface area contributed by atoms with Gasteiger partial charge in [0.1, 0.15) is 5.65 Å². The molecule has 0 aromatic carbocycles. The van der Waals surface area contributed by atoms with Crippen LogP contribution < -0.4 is 5.73 Å². The Morgan fingerprint density at radius 1 is 1.25 bits per heavy atom. The molecular weight excluding hydrogens is 204 g/mol. The molecule has 0 aliphatic heterocycles.